The first kappa shape index (κ1) is 49.5. The summed E-state index contributed by atoms with van der Waals surface area (Å²) in [4.78, 5) is 30.6. The maximum atomic E-state index is 14.3. The van der Waals surface area contributed by atoms with E-state index in [1.54, 1.807) is 0 Å². The van der Waals surface area contributed by atoms with Gasteiger partial charge in [0.1, 0.15) is 0 Å². The van der Waals surface area contributed by atoms with Gasteiger partial charge in [0.15, 0.2) is 0 Å². The fourth-order valence-corrected chi connectivity index (χ4v) is 16.5. The van der Waals surface area contributed by atoms with Gasteiger partial charge >= 0.3 is 0 Å². The van der Waals surface area contributed by atoms with Gasteiger partial charge in [-0.2, -0.15) is 0 Å². The van der Waals surface area contributed by atoms with Gasteiger partial charge in [0.25, 0.3) is 11.8 Å². The Kier molecular flexibility index (Phi) is 22.5. The molecule has 0 aromatic heterocycles. The molecule has 11 N–H and O–H groups in total. The number of carbonyl (C=O) groups excluding carboxylic acids is 2. The van der Waals surface area contributed by atoms with Gasteiger partial charge in [0.05, 0.1) is 77.4 Å². The lowest BCUT2D eigenvalue weighted by molar-refractivity contribution is -0.138. The predicted molar refractivity (Wildman–Crippen MR) is 242 cm³/mol. The van der Waals surface area contributed by atoms with Crippen molar-refractivity contribution in [3.8, 4) is 0 Å². The van der Waals surface area contributed by atoms with E-state index in [-0.39, 0.29) is 11.4 Å². The minimum Gasteiger partial charge on any atom is -0.396 e. The number of nitrogens with zero attached hydrogens (tertiary/aromatic N) is 2. The SMILES string of the molecule is O=C(C(O)C(=O)N(CCO)c1c(I)c(C(CO)CO)c(I)c(C(CO)CO)c1I)N(CCO)c1c(I)c(C(CO)CO)c(I)c(C(CO)CO)c1I. The Balaban J connectivity index is 2.95. The Bertz CT molecular complexity index is 1350. The molecule has 294 valence electrons. The number of anilines is 2. The lowest BCUT2D eigenvalue weighted by Gasteiger charge is -2.34. The number of halogens is 6. The number of aliphatic hydroxyl groups is 11. The topological polar surface area (TPSA) is 263 Å². The average molecular weight is 1410 g/mol. The summed E-state index contributed by atoms with van der Waals surface area (Å²) in [5, 5.41) is 113. The highest BCUT2D eigenvalue weighted by Crippen LogP contribution is 2.45. The van der Waals surface area contributed by atoms with Gasteiger partial charge in [0.2, 0.25) is 6.10 Å². The van der Waals surface area contributed by atoms with E-state index < -0.39 is 121 Å². The van der Waals surface area contributed by atoms with Crippen molar-refractivity contribution in [1.29, 1.82) is 0 Å². The summed E-state index contributed by atoms with van der Waals surface area (Å²) in [6, 6.07) is 0. The van der Waals surface area contributed by atoms with E-state index in [9.17, 15) is 65.8 Å². The van der Waals surface area contributed by atoms with Crippen LogP contribution >= 0.6 is 136 Å². The highest BCUT2D eigenvalue weighted by atomic mass is 127. The minimum absolute atomic E-state index is 0.0930. The van der Waals surface area contributed by atoms with Gasteiger partial charge in [-0.05, 0) is 158 Å². The van der Waals surface area contributed by atoms with E-state index >= 15 is 0 Å². The fourth-order valence-electron chi connectivity index (χ4n) is 5.51. The number of amides is 2. The monoisotopic (exact) mass is 1410 g/mol. The Labute approximate surface area is 382 Å². The Morgan fingerprint density at radius 2 is 0.635 bits per heavy atom. The van der Waals surface area contributed by atoms with E-state index in [2.05, 4.69) is 0 Å². The lowest BCUT2D eigenvalue weighted by atomic mass is 9.92. The first-order valence-corrected chi connectivity index (χ1v) is 22.0. The molecule has 2 aromatic rings. The summed E-state index contributed by atoms with van der Waals surface area (Å²) in [6.07, 6.45) is -2.44. The summed E-state index contributed by atoms with van der Waals surface area (Å²) in [5.74, 6) is -5.82. The molecule has 15 nitrogen and oxygen atoms in total. The van der Waals surface area contributed by atoms with Crippen molar-refractivity contribution >= 4 is 159 Å². The molecule has 0 radical (unpaired) electrons. The van der Waals surface area contributed by atoms with Crippen LogP contribution in [0.2, 0.25) is 0 Å². The van der Waals surface area contributed by atoms with Crippen LogP contribution in [0, 0.1) is 21.4 Å². The van der Waals surface area contributed by atoms with E-state index in [4.69, 9.17) is 0 Å². The number of benzene rings is 2. The third-order valence-corrected chi connectivity index (χ3v) is 15.0. The normalized spacial score (nSPS) is 12.0. The second-order valence-electron chi connectivity index (χ2n) is 11.3. The van der Waals surface area contributed by atoms with Crippen LogP contribution in [0.25, 0.3) is 0 Å². The summed E-state index contributed by atoms with van der Waals surface area (Å²) >= 11 is 11.6. The van der Waals surface area contributed by atoms with Crippen LogP contribution in [0.5, 0.6) is 0 Å². The second-order valence-corrected chi connectivity index (χ2v) is 17.8. The van der Waals surface area contributed by atoms with Crippen LogP contribution in [0.4, 0.5) is 11.4 Å². The van der Waals surface area contributed by atoms with Crippen molar-refractivity contribution in [3.05, 3.63) is 43.7 Å². The molecule has 0 spiro atoms. The Morgan fingerprint density at radius 1 is 0.423 bits per heavy atom. The van der Waals surface area contributed by atoms with Crippen molar-refractivity contribution in [3.63, 3.8) is 0 Å². The van der Waals surface area contributed by atoms with Gasteiger partial charge < -0.3 is 66.0 Å². The maximum Gasteiger partial charge on any atom is 0.265 e. The van der Waals surface area contributed by atoms with E-state index in [0.717, 1.165) is 9.80 Å². The molecule has 0 fully saturated rings. The molecule has 0 aliphatic carbocycles. The molecule has 52 heavy (non-hydrogen) atoms. The zero-order valence-electron chi connectivity index (χ0n) is 27.3. The smallest absolute Gasteiger partial charge is 0.265 e. The summed E-state index contributed by atoms with van der Waals surface area (Å²) in [6.45, 7) is -6.17. The fraction of sp³-hybridized carbons (Fsp3) is 0.548. The quantitative estimate of drug-likeness (QED) is 0.0631. The first-order chi connectivity index (χ1) is 24.7. The van der Waals surface area contributed by atoms with Gasteiger partial charge in [-0.3, -0.25) is 9.59 Å². The standard InChI is InChI=1S/C31H40I6N2O13/c32-21-17(13(5-42)6-43)23(34)27(24(35)18(21)14(7-44)8-45)38(1-3-40)30(51)29(50)31(52)39(2-4-41)28-25(36)19(15(9-46)10-47)22(33)20(26(28)37)16(11-48)12-49/h13-16,29,40-50H,1-12H2. The molecule has 0 heterocycles. The number of rotatable bonds is 20. The van der Waals surface area contributed by atoms with Crippen LogP contribution in [-0.4, -0.2) is 153 Å². The lowest BCUT2D eigenvalue weighted by Crippen LogP contribution is -2.51. The largest absolute Gasteiger partial charge is 0.396 e. The van der Waals surface area contributed by atoms with Gasteiger partial charge in [-0.25, -0.2) is 0 Å². The molecular formula is C31H40I6N2O13. The Hall–Kier alpha value is 1.32. The van der Waals surface area contributed by atoms with Crippen LogP contribution in [0.1, 0.15) is 45.9 Å². The third kappa shape index (κ3) is 10.5. The molecule has 0 aliphatic rings. The van der Waals surface area contributed by atoms with Gasteiger partial charge in [-0.1, -0.05) is 0 Å². The van der Waals surface area contributed by atoms with Crippen molar-refractivity contribution < 1.29 is 65.8 Å². The Morgan fingerprint density at radius 3 is 0.808 bits per heavy atom. The molecule has 0 atom stereocenters. The molecule has 0 unspecified atom stereocenters. The third-order valence-electron chi connectivity index (χ3n) is 8.31. The van der Waals surface area contributed by atoms with E-state index in [1.165, 1.54) is 0 Å². The molecule has 2 aromatic carbocycles. The van der Waals surface area contributed by atoms with Crippen LogP contribution in [0.15, 0.2) is 0 Å². The zero-order valence-corrected chi connectivity index (χ0v) is 40.2. The van der Waals surface area contributed by atoms with Gasteiger partial charge in [-0.15, -0.1) is 0 Å². The van der Waals surface area contributed by atoms with Crippen molar-refractivity contribution in [2.45, 2.75) is 29.8 Å². The van der Waals surface area contributed by atoms with Crippen molar-refractivity contribution in [2.75, 3.05) is 89.0 Å². The minimum atomic E-state index is -2.44. The van der Waals surface area contributed by atoms with Crippen molar-refractivity contribution in [2.24, 2.45) is 0 Å². The van der Waals surface area contributed by atoms with Crippen LogP contribution in [-0.2, 0) is 9.59 Å². The molecule has 0 saturated heterocycles. The first-order valence-electron chi connectivity index (χ1n) is 15.5. The highest BCUT2D eigenvalue weighted by Gasteiger charge is 2.40. The number of hydrogen-bond acceptors (Lipinski definition) is 13. The molecular weight excluding hydrogens is 1370 g/mol. The highest BCUT2D eigenvalue weighted by molar-refractivity contribution is 14.1. The molecule has 2 rings (SSSR count). The summed E-state index contributed by atoms with van der Waals surface area (Å²) < 4.78 is 2.34. The molecule has 21 heteroatoms. The second kappa shape index (κ2) is 23.7. The number of hydrogen-bond donors (Lipinski definition) is 11. The zero-order chi connectivity index (χ0) is 39.6. The van der Waals surface area contributed by atoms with E-state index in [1.807, 2.05) is 136 Å². The predicted octanol–water partition coefficient (Wildman–Crippen LogP) is 0.299. The molecule has 0 saturated carbocycles. The van der Waals surface area contributed by atoms with Crippen molar-refractivity contribution in [1.82, 2.24) is 0 Å². The molecule has 0 bridgehead atoms. The number of aliphatic hydroxyl groups excluding tert-OH is 11. The van der Waals surface area contributed by atoms with Crippen LogP contribution < -0.4 is 9.80 Å². The summed E-state index contributed by atoms with van der Waals surface area (Å²) in [5.41, 5.74) is 1.72. The average Bonchev–Trinajstić information content (AvgIpc) is 3.13. The maximum absolute atomic E-state index is 14.3. The summed E-state index contributed by atoms with van der Waals surface area (Å²) in [7, 11) is 0. The van der Waals surface area contributed by atoms with Gasteiger partial charge in [0, 0.05) is 58.2 Å². The molecule has 0 aliphatic heterocycles. The number of carbonyl (C=O) groups is 2. The molecule has 2 amide bonds. The van der Waals surface area contributed by atoms with E-state index in [0.29, 0.717) is 43.7 Å². The van der Waals surface area contributed by atoms with Crippen LogP contribution in [0.3, 0.4) is 0 Å².